The van der Waals surface area contributed by atoms with Crippen LogP contribution in [0.25, 0.3) is 0 Å². The lowest BCUT2D eigenvalue weighted by Gasteiger charge is -2.11. The highest BCUT2D eigenvalue weighted by molar-refractivity contribution is 7.92. The van der Waals surface area contributed by atoms with E-state index in [-0.39, 0.29) is 10.6 Å². The fraction of sp³-hybridized carbons (Fsp3) is 0.200. The SMILES string of the molecule is CC(C)c1ccc(NS(=O)(=O)c2ccc(Cl)c(N)c2)cc1. The van der Waals surface area contributed by atoms with Gasteiger partial charge in [0, 0.05) is 5.69 Å². The number of nitrogens with two attached hydrogens (primary N) is 1. The van der Waals surface area contributed by atoms with Gasteiger partial charge in [0.2, 0.25) is 0 Å². The van der Waals surface area contributed by atoms with Crippen molar-refractivity contribution in [3.8, 4) is 0 Å². The fourth-order valence-electron chi connectivity index (χ4n) is 1.84. The number of nitrogens with one attached hydrogen (secondary N) is 1. The number of hydrogen-bond donors (Lipinski definition) is 2. The van der Waals surface area contributed by atoms with Gasteiger partial charge < -0.3 is 5.73 Å². The number of hydrogen-bond acceptors (Lipinski definition) is 3. The van der Waals surface area contributed by atoms with Gasteiger partial charge in [0.05, 0.1) is 15.6 Å². The van der Waals surface area contributed by atoms with Crippen LogP contribution in [0.4, 0.5) is 11.4 Å². The molecule has 0 aliphatic rings. The Morgan fingerprint density at radius 2 is 1.71 bits per heavy atom. The van der Waals surface area contributed by atoms with Gasteiger partial charge in [0.25, 0.3) is 10.0 Å². The van der Waals surface area contributed by atoms with Crippen molar-refractivity contribution >= 4 is 33.0 Å². The average molecular weight is 325 g/mol. The molecule has 0 aromatic heterocycles. The van der Waals surface area contributed by atoms with Gasteiger partial charge in [-0.15, -0.1) is 0 Å². The van der Waals surface area contributed by atoms with Crippen LogP contribution in [-0.2, 0) is 10.0 Å². The molecule has 0 amide bonds. The van der Waals surface area contributed by atoms with E-state index in [0.29, 0.717) is 16.6 Å². The highest BCUT2D eigenvalue weighted by atomic mass is 35.5. The zero-order valence-corrected chi connectivity index (χ0v) is 13.4. The zero-order chi connectivity index (χ0) is 15.6. The van der Waals surface area contributed by atoms with Gasteiger partial charge in [-0.05, 0) is 41.8 Å². The molecule has 21 heavy (non-hydrogen) atoms. The maximum absolute atomic E-state index is 12.3. The molecule has 0 fully saturated rings. The number of sulfonamides is 1. The standard InChI is InChI=1S/C15H17ClN2O2S/c1-10(2)11-3-5-12(6-4-11)18-21(19,20)13-7-8-14(16)15(17)9-13/h3-10,18H,17H2,1-2H3. The molecule has 112 valence electrons. The molecular formula is C15H17ClN2O2S. The number of nitrogen functional groups attached to an aromatic ring is 1. The van der Waals surface area contributed by atoms with Gasteiger partial charge in [-0.3, -0.25) is 4.72 Å². The average Bonchev–Trinajstić information content (AvgIpc) is 2.42. The normalized spacial score (nSPS) is 11.6. The van der Waals surface area contributed by atoms with Crippen molar-refractivity contribution in [1.29, 1.82) is 0 Å². The molecule has 6 heteroatoms. The van der Waals surface area contributed by atoms with Gasteiger partial charge >= 0.3 is 0 Å². The number of benzene rings is 2. The van der Waals surface area contributed by atoms with Crippen molar-refractivity contribution < 1.29 is 8.42 Å². The third kappa shape index (κ3) is 3.68. The quantitative estimate of drug-likeness (QED) is 0.839. The molecule has 0 saturated carbocycles. The van der Waals surface area contributed by atoms with E-state index >= 15 is 0 Å². The van der Waals surface area contributed by atoms with Crippen LogP contribution in [0.2, 0.25) is 5.02 Å². The first kappa shape index (κ1) is 15.7. The molecule has 4 nitrogen and oxygen atoms in total. The molecule has 0 spiro atoms. The Bertz CT molecular complexity index is 741. The van der Waals surface area contributed by atoms with E-state index in [9.17, 15) is 8.42 Å². The van der Waals surface area contributed by atoms with E-state index < -0.39 is 10.0 Å². The Hall–Kier alpha value is -1.72. The third-order valence-corrected chi connectivity index (χ3v) is 4.83. The maximum Gasteiger partial charge on any atom is 0.261 e. The largest absolute Gasteiger partial charge is 0.397 e. The molecule has 0 radical (unpaired) electrons. The van der Waals surface area contributed by atoms with Crippen LogP contribution in [0.15, 0.2) is 47.4 Å². The molecule has 2 aromatic rings. The monoisotopic (exact) mass is 324 g/mol. The predicted molar refractivity (Wildman–Crippen MR) is 87.2 cm³/mol. The smallest absolute Gasteiger partial charge is 0.261 e. The summed E-state index contributed by atoms with van der Waals surface area (Å²) in [6.07, 6.45) is 0. The van der Waals surface area contributed by atoms with Crippen LogP contribution in [0.3, 0.4) is 0 Å². The fourth-order valence-corrected chi connectivity index (χ4v) is 3.05. The Morgan fingerprint density at radius 3 is 2.24 bits per heavy atom. The molecule has 2 rings (SSSR count). The third-order valence-electron chi connectivity index (χ3n) is 3.11. The molecule has 0 heterocycles. The molecule has 0 unspecified atom stereocenters. The summed E-state index contributed by atoms with van der Waals surface area (Å²) in [5.74, 6) is 0.395. The summed E-state index contributed by atoms with van der Waals surface area (Å²) in [5, 5.41) is 0.329. The van der Waals surface area contributed by atoms with Crippen molar-refractivity contribution in [2.45, 2.75) is 24.7 Å². The molecular weight excluding hydrogens is 308 g/mol. The van der Waals surface area contributed by atoms with Crippen molar-refractivity contribution in [3.05, 3.63) is 53.1 Å². The number of rotatable bonds is 4. The zero-order valence-electron chi connectivity index (χ0n) is 11.8. The van der Waals surface area contributed by atoms with E-state index in [1.807, 2.05) is 12.1 Å². The second-order valence-electron chi connectivity index (χ2n) is 5.07. The predicted octanol–water partition coefficient (Wildman–Crippen LogP) is 3.85. The summed E-state index contributed by atoms with van der Waals surface area (Å²) < 4.78 is 27.1. The van der Waals surface area contributed by atoms with Gasteiger partial charge in [-0.1, -0.05) is 37.6 Å². The van der Waals surface area contributed by atoms with Crippen molar-refractivity contribution in [3.63, 3.8) is 0 Å². The molecule has 0 aliphatic heterocycles. The lowest BCUT2D eigenvalue weighted by atomic mass is 10.0. The second-order valence-corrected chi connectivity index (χ2v) is 7.16. The molecule has 0 bridgehead atoms. The van der Waals surface area contributed by atoms with Gasteiger partial charge in [-0.25, -0.2) is 8.42 Å². The minimum Gasteiger partial charge on any atom is -0.397 e. The van der Waals surface area contributed by atoms with Gasteiger partial charge in [-0.2, -0.15) is 0 Å². The Labute approximate surface area is 130 Å². The van der Waals surface area contributed by atoms with Crippen LogP contribution in [0, 0.1) is 0 Å². The summed E-state index contributed by atoms with van der Waals surface area (Å²) in [6, 6.07) is 11.5. The van der Waals surface area contributed by atoms with Gasteiger partial charge in [0.1, 0.15) is 0 Å². The molecule has 0 saturated heterocycles. The van der Waals surface area contributed by atoms with Crippen LogP contribution < -0.4 is 10.5 Å². The second kappa shape index (κ2) is 5.95. The molecule has 3 N–H and O–H groups in total. The van der Waals surface area contributed by atoms with Crippen molar-refractivity contribution in [1.82, 2.24) is 0 Å². The Kier molecular flexibility index (Phi) is 4.44. The van der Waals surface area contributed by atoms with Crippen molar-refractivity contribution in [2.24, 2.45) is 0 Å². The van der Waals surface area contributed by atoms with E-state index in [2.05, 4.69) is 18.6 Å². The van der Waals surface area contributed by atoms with Crippen LogP contribution in [-0.4, -0.2) is 8.42 Å². The lowest BCUT2D eigenvalue weighted by Crippen LogP contribution is -2.13. The van der Waals surface area contributed by atoms with Crippen LogP contribution in [0.1, 0.15) is 25.3 Å². The first-order valence-corrected chi connectivity index (χ1v) is 8.33. The van der Waals surface area contributed by atoms with Crippen LogP contribution in [0.5, 0.6) is 0 Å². The summed E-state index contributed by atoms with van der Waals surface area (Å²) >= 11 is 5.80. The lowest BCUT2D eigenvalue weighted by molar-refractivity contribution is 0.601. The van der Waals surface area contributed by atoms with Crippen LogP contribution >= 0.6 is 11.6 Å². The summed E-state index contributed by atoms with van der Waals surface area (Å²) in [5.41, 5.74) is 7.53. The van der Waals surface area contributed by atoms with E-state index in [0.717, 1.165) is 5.56 Å². The Morgan fingerprint density at radius 1 is 1.10 bits per heavy atom. The number of anilines is 2. The minimum absolute atomic E-state index is 0.0809. The summed E-state index contributed by atoms with van der Waals surface area (Å²) in [7, 11) is -3.67. The summed E-state index contributed by atoms with van der Waals surface area (Å²) in [6.45, 7) is 4.16. The van der Waals surface area contributed by atoms with Gasteiger partial charge in [0.15, 0.2) is 0 Å². The molecule has 2 aromatic carbocycles. The first-order valence-electron chi connectivity index (χ1n) is 6.47. The van der Waals surface area contributed by atoms with Crippen molar-refractivity contribution in [2.75, 3.05) is 10.5 Å². The first-order chi connectivity index (χ1) is 9.79. The molecule has 0 aliphatic carbocycles. The molecule has 0 atom stereocenters. The van der Waals surface area contributed by atoms with E-state index in [1.165, 1.54) is 18.2 Å². The highest BCUT2D eigenvalue weighted by Gasteiger charge is 2.15. The van der Waals surface area contributed by atoms with E-state index in [4.69, 9.17) is 17.3 Å². The Balaban J connectivity index is 2.26. The maximum atomic E-state index is 12.3. The minimum atomic E-state index is -3.67. The topological polar surface area (TPSA) is 72.2 Å². The highest BCUT2D eigenvalue weighted by Crippen LogP contribution is 2.24. The van der Waals surface area contributed by atoms with E-state index in [1.54, 1.807) is 12.1 Å². The summed E-state index contributed by atoms with van der Waals surface area (Å²) in [4.78, 5) is 0.0809. The number of halogens is 1.